The van der Waals surface area contributed by atoms with E-state index >= 15 is 0 Å². The largest absolute Gasteiger partial charge is 0.361 e. The first-order valence-corrected chi connectivity index (χ1v) is 10.0. The number of halogens is 2. The number of aromatic nitrogens is 2. The van der Waals surface area contributed by atoms with Crippen LogP contribution in [0.4, 0.5) is 4.39 Å². The Labute approximate surface area is 174 Å². The maximum absolute atomic E-state index is 13.2. The third-order valence-corrected chi connectivity index (χ3v) is 5.80. The number of benzene rings is 2. The van der Waals surface area contributed by atoms with E-state index < -0.39 is 0 Å². The molecule has 136 valence electrons. The molecule has 0 aliphatic carbocycles. The van der Waals surface area contributed by atoms with Crippen molar-refractivity contribution in [1.29, 1.82) is 5.26 Å². The van der Waals surface area contributed by atoms with Crippen LogP contribution in [0.3, 0.4) is 0 Å². The quantitative estimate of drug-likeness (QED) is 0.353. The van der Waals surface area contributed by atoms with E-state index in [1.54, 1.807) is 24.5 Å². The van der Waals surface area contributed by atoms with Crippen molar-refractivity contribution in [3.05, 3.63) is 88.5 Å². The van der Waals surface area contributed by atoms with Crippen molar-refractivity contribution in [2.24, 2.45) is 0 Å². The second kappa shape index (κ2) is 8.01. The highest BCUT2D eigenvalue weighted by atomic mass is 79.9. The lowest BCUT2D eigenvalue weighted by molar-refractivity contribution is 0.626. The van der Waals surface area contributed by atoms with Crippen LogP contribution in [-0.4, -0.2) is 9.97 Å². The van der Waals surface area contributed by atoms with Gasteiger partial charge in [-0.15, -0.1) is 0 Å². The molecule has 3 nitrogen and oxygen atoms in total. The summed E-state index contributed by atoms with van der Waals surface area (Å²) in [7, 11) is 0. The molecule has 2 aromatic heterocycles. The molecule has 4 aromatic rings. The molecule has 0 fully saturated rings. The molecule has 0 saturated carbocycles. The standard InChI is InChI=1S/C22H13BrFN3S/c23-16-1-6-21-19(10-16)20(13-27-21)14(11-25)9-15-12-26-8-7-22(15)28-18-4-2-17(24)3-5-18/h1-10,12-13,27H. The summed E-state index contributed by atoms with van der Waals surface area (Å²) in [4.78, 5) is 9.26. The number of fused-ring (bicyclic) bond motifs is 1. The molecule has 0 spiro atoms. The fourth-order valence-corrected chi connectivity index (χ4v) is 4.11. The zero-order chi connectivity index (χ0) is 19.5. The zero-order valence-corrected chi connectivity index (χ0v) is 16.9. The molecular weight excluding hydrogens is 437 g/mol. The Balaban J connectivity index is 1.75. The molecule has 2 aromatic carbocycles. The Morgan fingerprint density at radius 3 is 2.79 bits per heavy atom. The van der Waals surface area contributed by atoms with Crippen molar-refractivity contribution in [3.8, 4) is 6.07 Å². The Hall–Kier alpha value is -2.88. The van der Waals surface area contributed by atoms with Gasteiger partial charge in [-0.3, -0.25) is 4.98 Å². The smallest absolute Gasteiger partial charge is 0.123 e. The molecular formula is C22H13BrFN3S. The van der Waals surface area contributed by atoms with Gasteiger partial charge < -0.3 is 4.98 Å². The van der Waals surface area contributed by atoms with Crippen molar-refractivity contribution in [1.82, 2.24) is 9.97 Å². The summed E-state index contributed by atoms with van der Waals surface area (Å²) < 4.78 is 14.1. The fraction of sp³-hybridized carbons (Fsp3) is 0. The highest BCUT2D eigenvalue weighted by Crippen LogP contribution is 2.33. The molecule has 0 unspecified atom stereocenters. The highest BCUT2D eigenvalue weighted by Gasteiger charge is 2.11. The van der Waals surface area contributed by atoms with E-state index in [-0.39, 0.29) is 5.82 Å². The third-order valence-electron chi connectivity index (χ3n) is 4.21. The average molecular weight is 450 g/mol. The van der Waals surface area contributed by atoms with Gasteiger partial charge in [0.1, 0.15) is 5.82 Å². The number of nitrogens with zero attached hydrogens (tertiary/aromatic N) is 2. The average Bonchev–Trinajstić information content (AvgIpc) is 3.12. The van der Waals surface area contributed by atoms with Crippen LogP contribution in [0.1, 0.15) is 11.1 Å². The minimum absolute atomic E-state index is 0.267. The van der Waals surface area contributed by atoms with E-state index in [9.17, 15) is 9.65 Å². The van der Waals surface area contributed by atoms with E-state index in [0.29, 0.717) is 5.57 Å². The predicted octanol–water partition coefficient (Wildman–Crippen LogP) is 6.68. The monoisotopic (exact) mass is 449 g/mol. The molecule has 2 heterocycles. The Kier molecular flexibility index (Phi) is 5.29. The fourth-order valence-electron chi connectivity index (χ4n) is 2.87. The number of hydrogen-bond donors (Lipinski definition) is 1. The maximum atomic E-state index is 13.2. The summed E-state index contributed by atoms with van der Waals surface area (Å²) in [6.07, 6.45) is 7.11. The first-order chi connectivity index (χ1) is 13.6. The molecule has 0 aliphatic heterocycles. The lowest BCUT2D eigenvalue weighted by Crippen LogP contribution is -1.86. The molecule has 6 heteroatoms. The normalized spacial score (nSPS) is 11.5. The van der Waals surface area contributed by atoms with Crippen molar-refractivity contribution >= 4 is 50.2 Å². The van der Waals surface area contributed by atoms with Gasteiger partial charge in [-0.05, 0) is 54.6 Å². The number of hydrogen-bond acceptors (Lipinski definition) is 3. The summed E-state index contributed by atoms with van der Waals surface area (Å²) in [5, 5.41) is 10.8. The number of allylic oxidation sites excluding steroid dienone is 1. The molecule has 0 atom stereocenters. The van der Waals surface area contributed by atoms with E-state index in [1.165, 1.54) is 23.9 Å². The maximum Gasteiger partial charge on any atom is 0.123 e. The van der Waals surface area contributed by atoms with Crippen LogP contribution < -0.4 is 0 Å². The Bertz CT molecular complexity index is 1220. The van der Waals surface area contributed by atoms with Gasteiger partial charge >= 0.3 is 0 Å². The molecule has 4 rings (SSSR count). The van der Waals surface area contributed by atoms with Gasteiger partial charge in [0.15, 0.2) is 0 Å². The van der Waals surface area contributed by atoms with Crippen LogP contribution in [0.25, 0.3) is 22.6 Å². The molecule has 28 heavy (non-hydrogen) atoms. The summed E-state index contributed by atoms with van der Waals surface area (Å²) in [6, 6.07) is 16.4. The second-order valence-corrected chi connectivity index (χ2v) is 8.06. The second-order valence-electron chi connectivity index (χ2n) is 6.03. The van der Waals surface area contributed by atoms with Crippen LogP contribution in [-0.2, 0) is 0 Å². The summed E-state index contributed by atoms with van der Waals surface area (Å²) >= 11 is 4.99. The van der Waals surface area contributed by atoms with Crippen molar-refractivity contribution in [2.75, 3.05) is 0 Å². The number of nitrogens with one attached hydrogen (secondary N) is 1. The van der Waals surface area contributed by atoms with Crippen LogP contribution in [0.5, 0.6) is 0 Å². The first kappa shape index (κ1) is 18.5. The van der Waals surface area contributed by atoms with Gasteiger partial charge in [0, 0.05) is 54.9 Å². The number of aromatic amines is 1. The molecule has 0 aliphatic rings. The van der Waals surface area contributed by atoms with Crippen LogP contribution in [0.2, 0.25) is 0 Å². The van der Waals surface area contributed by atoms with Gasteiger partial charge in [-0.2, -0.15) is 5.26 Å². The summed E-state index contributed by atoms with van der Waals surface area (Å²) in [5.41, 5.74) is 3.17. The van der Waals surface area contributed by atoms with Gasteiger partial charge in [0.25, 0.3) is 0 Å². The van der Waals surface area contributed by atoms with E-state index in [2.05, 4.69) is 32.0 Å². The van der Waals surface area contributed by atoms with E-state index in [1.807, 2.05) is 36.5 Å². The number of pyridine rings is 1. The first-order valence-electron chi connectivity index (χ1n) is 8.40. The van der Waals surface area contributed by atoms with Gasteiger partial charge in [0.05, 0.1) is 11.6 Å². The summed E-state index contributed by atoms with van der Waals surface area (Å²) in [6.45, 7) is 0. The van der Waals surface area contributed by atoms with Crippen LogP contribution in [0, 0.1) is 17.1 Å². The van der Waals surface area contributed by atoms with Gasteiger partial charge in [-0.25, -0.2) is 4.39 Å². The van der Waals surface area contributed by atoms with Crippen molar-refractivity contribution < 1.29 is 4.39 Å². The third kappa shape index (κ3) is 3.86. The molecule has 0 radical (unpaired) electrons. The molecule has 0 amide bonds. The predicted molar refractivity (Wildman–Crippen MR) is 114 cm³/mol. The van der Waals surface area contributed by atoms with E-state index in [4.69, 9.17) is 0 Å². The number of nitriles is 1. The highest BCUT2D eigenvalue weighted by molar-refractivity contribution is 9.10. The van der Waals surface area contributed by atoms with E-state index in [0.717, 1.165) is 36.3 Å². The molecule has 1 N–H and O–H groups in total. The minimum Gasteiger partial charge on any atom is -0.361 e. The Morgan fingerprint density at radius 2 is 2.00 bits per heavy atom. The molecule has 0 bridgehead atoms. The van der Waals surface area contributed by atoms with Crippen LogP contribution >= 0.6 is 27.7 Å². The van der Waals surface area contributed by atoms with Crippen LogP contribution in [0.15, 0.2) is 81.4 Å². The summed E-state index contributed by atoms with van der Waals surface area (Å²) in [5.74, 6) is -0.267. The molecule has 0 saturated heterocycles. The van der Waals surface area contributed by atoms with Gasteiger partial charge in [-0.1, -0.05) is 27.7 Å². The Morgan fingerprint density at radius 1 is 1.18 bits per heavy atom. The van der Waals surface area contributed by atoms with Crippen molar-refractivity contribution in [3.63, 3.8) is 0 Å². The zero-order valence-electron chi connectivity index (χ0n) is 14.5. The number of H-pyrrole nitrogens is 1. The topological polar surface area (TPSA) is 52.5 Å². The van der Waals surface area contributed by atoms with Gasteiger partial charge in [0.2, 0.25) is 0 Å². The SMILES string of the molecule is N#CC(=Cc1cnccc1Sc1ccc(F)cc1)c1c[nH]c2ccc(Br)cc12. The van der Waals surface area contributed by atoms with Crippen molar-refractivity contribution in [2.45, 2.75) is 9.79 Å². The lowest BCUT2D eigenvalue weighted by atomic mass is 10.0. The lowest BCUT2D eigenvalue weighted by Gasteiger charge is -2.06. The minimum atomic E-state index is -0.267. The number of rotatable bonds is 4.